The third-order valence-corrected chi connectivity index (χ3v) is 3.62. The van der Waals surface area contributed by atoms with Crippen molar-refractivity contribution >= 4 is 11.5 Å². The summed E-state index contributed by atoms with van der Waals surface area (Å²) in [6.45, 7) is 4.66. The average molecular weight is 255 g/mol. The summed E-state index contributed by atoms with van der Waals surface area (Å²) in [5.74, 6) is 1.29. The number of ketones is 1. The average Bonchev–Trinajstić information content (AvgIpc) is 2.94. The Morgan fingerprint density at radius 1 is 1.26 bits per heavy atom. The molecule has 0 saturated heterocycles. The van der Waals surface area contributed by atoms with Crippen LogP contribution in [0.15, 0.2) is 36.7 Å². The molecule has 1 aromatic carbocycles. The van der Waals surface area contributed by atoms with Crippen molar-refractivity contribution in [1.29, 1.82) is 0 Å². The highest BCUT2D eigenvalue weighted by Gasteiger charge is 2.16. The van der Waals surface area contributed by atoms with E-state index in [1.807, 2.05) is 43.6 Å². The molecule has 0 atom stereocenters. The number of Topliss-reactive ketones (excluding diaryl/α,β-unsaturated/α-hetero) is 1. The van der Waals surface area contributed by atoms with Crippen molar-refractivity contribution in [3.63, 3.8) is 0 Å². The molecule has 1 aromatic heterocycles. The first kappa shape index (κ1) is 12.0. The van der Waals surface area contributed by atoms with E-state index in [9.17, 15) is 4.79 Å². The molecule has 3 rings (SSSR count). The van der Waals surface area contributed by atoms with Crippen LogP contribution in [0, 0.1) is 0 Å². The lowest BCUT2D eigenvalue weighted by Crippen LogP contribution is -2.33. The van der Waals surface area contributed by atoms with E-state index < -0.39 is 0 Å². The maximum absolute atomic E-state index is 11.6. The Kier molecular flexibility index (Phi) is 3.07. The summed E-state index contributed by atoms with van der Waals surface area (Å²) in [7, 11) is 0. The van der Waals surface area contributed by atoms with Gasteiger partial charge in [-0.3, -0.25) is 4.79 Å². The van der Waals surface area contributed by atoms with Crippen LogP contribution >= 0.6 is 0 Å². The lowest BCUT2D eigenvalue weighted by molar-refractivity contribution is 0.0988. The van der Waals surface area contributed by atoms with Crippen molar-refractivity contribution in [3.05, 3.63) is 48.0 Å². The molecule has 0 fully saturated rings. The van der Waals surface area contributed by atoms with Crippen LogP contribution in [0.5, 0.6) is 0 Å². The molecule has 0 saturated carbocycles. The van der Waals surface area contributed by atoms with E-state index in [0.717, 1.165) is 36.7 Å². The number of anilines is 1. The van der Waals surface area contributed by atoms with E-state index in [2.05, 4.69) is 14.5 Å². The number of carbonyl (C=O) groups is 1. The zero-order valence-corrected chi connectivity index (χ0v) is 11.0. The van der Waals surface area contributed by atoms with Gasteiger partial charge < -0.3 is 9.47 Å². The number of benzene rings is 1. The van der Waals surface area contributed by atoms with Gasteiger partial charge in [0.15, 0.2) is 5.78 Å². The molecule has 0 bridgehead atoms. The summed E-state index contributed by atoms with van der Waals surface area (Å²) in [6, 6.07) is 7.90. The van der Waals surface area contributed by atoms with E-state index in [-0.39, 0.29) is 5.78 Å². The quantitative estimate of drug-likeness (QED) is 0.791. The van der Waals surface area contributed by atoms with Gasteiger partial charge in [-0.1, -0.05) is 6.92 Å². The fraction of sp³-hybridized carbons (Fsp3) is 0.333. The van der Waals surface area contributed by atoms with Gasteiger partial charge in [0.05, 0.1) is 6.54 Å². The highest BCUT2D eigenvalue weighted by molar-refractivity contribution is 5.96. The summed E-state index contributed by atoms with van der Waals surface area (Å²) < 4.78 is 2.19. The fourth-order valence-electron chi connectivity index (χ4n) is 2.46. The van der Waals surface area contributed by atoms with E-state index in [4.69, 9.17) is 0 Å². The molecule has 4 nitrogen and oxygen atoms in total. The molecule has 19 heavy (non-hydrogen) atoms. The second-order valence-electron chi connectivity index (χ2n) is 4.78. The van der Waals surface area contributed by atoms with Gasteiger partial charge in [0, 0.05) is 43.2 Å². The molecular weight excluding hydrogens is 238 g/mol. The summed E-state index contributed by atoms with van der Waals surface area (Å²) in [4.78, 5) is 18.3. The molecule has 0 unspecified atom stereocenters. The predicted molar refractivity (Wildman–Crippen MR) is 74.3 cm³/mol. The Bertz CT molecular complexity index is 586. The van der Waals surface area contributed by atoms with Crippen LogP contribution in [0.3, 0.4) is 0 Å². The lowest BCUT2D eigenvalue weighted by atomic mass is 10.1. The zero-order chi connectivity index (χ0) is 13.2. The smallest absolute Gasteiger partial charge is 0.162 e. The van der Waals surface area contributed by atoms with Crippen molar-refractivity contribution in [3.8, 4) is 0 Å². The number of rotatable bonds is 3. The predicted octanol–water partition coefficient (Wildman–Crippen LogP) is 2.50. The molecule has 0 radical (unpaired) electrons. The third-order valence-electron chi connectivity index (χ3n) is 3.62. The maximum Gasteiger partial charge on any atom is 0.162 e. The molecule has 0 amide bonds. The van der Waals surface area contributed by atoms with Crippen molar-refractivity contribution in [2.75, 3.05) is 11.4 Å². The van der Waals surface area contributed by atoms with Crippen molar-refractivity contribution < 1.29 is 4.79 Å². The number of hydrogen-bond acceptors (Lipinski definition) is 3. The van der Waals surface area contributed by atoms with Gasteiger partial charge in [-0.25, -0.2) is 4.98 Å². The fourth-order valence-corrected chi connectivity index (χ4v) is 2.46. The molecule has 0 aliphatic carbocycles. The van der Waals surface area contributed by atoms with Gasteiger partial charge in [0.2, 0.25) is 0 Å². The van der Waals surface area contributed by atoms with Gasteiger partial charge in [0.25, 0.3) is 0 Å². The highest BCUT2D eigenvalue weighted by atomic mass is 16.1. The minimum atomic E-state index is 0.195. The normalized spacial score (nSPS) is 14.3. The van der Waals surface area contributed by atoms with E-state index in [1.54, 1.807) is 0 Å². The number of aromatic nitrogens is 2. The highest BCUT2D eigenvalue weighted by Crippen LogP contribution is 2.21. The van der Waals surface area contributed by atoms with Gasteiger partial charge in [0.1, 0.15) is 5.82 Å². The Hall–Kier alpha value is -2.10. The molecule has 98 valence electrons. The molecule has 1 aliphatic rings. The van der Waals surface area contributed by atoms with Gasteiger partial charge >= 0.3 is 0 Å². The maximum atomic E-state index is 11.6. The monoisotopic (exact) mass is 255 g/mol. The van der Waals surface area contributed by atoms with Crippen LogP contribution in [0.25, 0.3) is 0 Å². The second kappa shape index (κ2) is 4.88. The lowest BCUT2D eigenvalue weighted by Gasteiger charge is -2.29. The summed E-state index contributed by atoms with van der Waals surface area (Å²) >= 11 is 0. The van der Waals surface area contributed by atoms with Crippen molar-refractivity contribution in [1.82, 2.24) is 9.55 Å². The number of hydrogen-bond donors (Lipinski definition) is 0. The first-order valence-corrected chi connectivity index (χ1v) is 6.66. The first-order chi connectivity index (χ1) is 9.28. The van der Waals surface area contributed by atoms with E-state index >= 15 is 0 Å². The van der Waals surface area contributed by atoms with Crippen LogP contribution in [0.2, 0.25) is 0 Å². The SMILES string of the molecule is CCC(=O)c1ccc(N2CCn3ccnc3C2)cc1. The van der Waals surface area contributed by atoms with Gasteiger partial charge in [-0.15, -0.1) is 0 Å². The standard InChI is InChI=1S/C15H17N3O/c1-2-14(19)12-3-5-13(6-4-12)18-10-9-17-8-7-16-15(17)11-18/h3-8H,2,9-11H2,1H3. The summed E-state index contributed by atoms with van der Waals surface area (Å²) in [5.41, 5.74) is 1.95. The minimum absolute atomic E-state index is 0.195. The zero-order valence-electron chi connectivity index (χ0n) is 11.0. The van der Waals surface area contributed by atoms with Crippen LogP contribution in [-0.4, -0.2) is 21.9 Å². The third kappa shape index (κ3) is 2.26. The molecule has 0 spiro atoms. The van der Waals surface area contributed by atoms with Crippen molar-refractivity contribution in [2.45, 2.75) is 26.4 Å². The first-order valence-electron chi connectivity index (χ1n) is 6.66. The number of carbonyl (C=O) groups excluding carboxylic acids is 1. The summed E-state index contributed by atoms with van der Waals surface area (Å²) in [5, 5.41) is 0. The van der Waals surface area contributed by atoms with E-state index in [0.29, 0.717) is 6.42 Å². The Morgan fingerprint density at radius 3 is 2.79 bits per heavy atom. The molecule has 4 heteroatoms. The largest absolute Gasteiger partial charge is 0.362 e. The summed E-state index contributed by atoms with van der Waals surface area (Å²) in [6.07, 6.45) is 4.43. The Labute approximate surface area is 112 Å². The van der Waals surface area contributed by atoms with E-state index in [1.165, 1.54) is 0 Å². The topological polar surface area (TPSA) is 38.1 Å². The van der Waals surface area contributed by atoms with Gasteiger partial charge in [-0.05, 0) is 24.3 Å². The van der Waals surface area contributed by atoms with Gasteiger partial charge in [-0.2, -0.15) is 0 Å². The second-order valence-corrected chi connectivity index (χ2v) is 4.78. The number of imidazole rings is 1. The molecule has 1 aliphatic heterocycles. The Balaban J connectivity index is 1.79. The molecule has 2 heterocycles. The molecular formula is C15H17N3O. The van der Waals surface area contributed by atoms with Crippen LogP contribution in [0.1, 0.15) is 29.5 Å². The Morgan fingerprint density at radius 2 is 2.05 bits per heavy atom. The van der Waals surface area contributed by atoms with Crippen molar-refractivity contribution in [2.24, 2.45) is 0 Å². The molecule has 2 aromatic rings. The minimum Gasteiger partial charge on any atom is -0.362 e. The van der Waals surface area contributed by atoms with Crippen LogP contribution in [0.4, 0.5) is 5.69 Å². The van der Waals surface area contributed by atoms with Crippen LogP contribution in [-0.2, 0) is 13.1 Å². The molecule has 0 N–H and O–H groups in total. The number of nitrogens with zero attached hydrogens (tertiary/aromatic N) is 3. The number of fused-ring (bicyclic) bond motifs is 1. The van der Waals surface area contributed by atoms with Crippen LogP contribution < -0.4 is 4.90 Å².